The molecule has 0 radical (unpaired) electrons. The molecule has 1 aliphatic carbocycles. The molecule has 4 aromatic carbocycles. The molecule has 214 valence electrons. The highest BCUT2D eigenvalue weighted by molar-refractivity contribution is 6.34. The predicted octanol–water partition coefficient (Wildman–Crippen LogP) is 6.59. The molecule has 41 heavy (non-hydrogen) atoms. The molecule has 0 bridgehead atoms. The molecule has 9 heteroatoms. The molecule has 5 rings (SSSR count). The number of aliphatic hydroxyl groups is 1. The number of ether oxygens (including phenoxy) is 6. The highest BCUT2D eigenvalue weighted by Crippen LogP contribution is 2.58. The Morgan fingerprint density at radius 2 is 1.51 bits per heavy atom. The van der Waals surface area contributed by atoms with Crippen molar-refractivity contribution in [3.8, 4) is 34.1 Å². The van der Waals surface area contributed by atoms with Crippen LogP contribution in [0, 0.1) is 6.92 Å². The van der Waals surface area contributed by atoms with Crippen LogP contribution in [0.25, 0.3) is 21.9 Å². The van der Waals surface area contributed by atoms with E-state index in [1.165, 1.54) is 21.3 Å². The van der Waals surface area contributed by atoms with Crippen LogP contribution in [0.1, 0.15) is 44.8 Å². The number of halogens is 1. The molecule has 0 saturated heterocycles. The summed E-state index contributed by atoms with van der Waals surface area (Å²) in [5.74, 6) is 0.984. The van der Waals surface area contributed by atoms with E-state index in [0.29, 0.717) is 60.9 Å². The number of aryl methyl sites for hydroxylation is 1. The third-order valence-electron chi connectivity index (χ3n) is 7.44. The van der Waals surface area contributed by atoms with Crippen molar-refractivity contribution in [3.63, 3.8) is 0 Å². The molecule has 1 aliphatic rings. The first-order valence-corrected chi connectivity index (χ1v) is 13.3. The second-order valence-corrected chi connectivity index (χ2v) is 10.0. The molecule has 0 heterocycles. The summed E-state index contributed by atoms with van der Waals surface area (Å²) >= 11 is 6.59. The van der Waals surface area contributed by atoms with Crippen LogP contribution in [0.15, 0.2) is 48.5 Å². The average Bonchev–Trinajstić information content (AvgIpc) is 2.99. The smallest absolute Gasteiger partial charge is 0.341 e. The van der Waals surface area contributed by atoms with E-state index < -0.39 is 18.2 Å². The van der Waals surface area contributed by atoms with Crippen molar-refractivity contribution in [2.75, 3.05) is 35.5 Å². The molecule has 4 aromatic rings. The molecule has 0 amide bonds. The number of benzene rings is 4. The standard InChI is InChI=1S/C32H31ClO8/c1-16-12-18-25(30(38-4)23(16)32(35)40-6)26-20(29(27(18)34)41-15-17-10-8-7-9-11-17)13-19-24(31(26)39-5)22(36-2)14-21(33)28(19)37-3/h7-14,27,29,34H,15H2,1-6H3. The molecule has 8 nitrogen and oxygen atoms in total. The summed E-state index contributed by atoms with van der Waals surface area (Å²) in [5.41, 5.74) is 3.98. The number of carbonyl (C=O) groups excluding carboxylic acids is 1. The van der Waals surface area contributed by atoms with Gasteiger partial charge >= 0.3 is 5.97 Å². The van der Waals surface area contributed by atoms with E-state index >= 15 is 0 Å². The van der Waals surface area contributed by atoms with Gasteiger partial charge in [-0.2, -0.15) is 0 Å². The summed E-state index contributed by atoms with van der Waals surface area (Å²) in [7, 11) is 7.40. The van der Waals surface area contributed by atoms with Gasteiger partial charge in [-0.1, -0.05) is 48.0 Å². The van der Waals surface area contributed by atoms with Crippen LogP contribution in [-0.2, 0) is 16.1 Å². The Balaban J connectivity index is 1.91. The van der Waals surface area contributed by atoms with Crippen molar-refractivity contribution in [1.29, 1.82) is 0 Å². The summed E-state index contributed by atoms with van der Waals surface area (Å²) in [4.78, 5) is 12.9. The number of aliphatic hydroxyl groups excluding tert-OH is 1. The van der Waals surface area contributed by atoms with Gasteiger partial charge in [0.05, 0.1) is 52.6 Å². The first-order valence-electron chi connectivity index (χ1n) is 12.9. The van der Waals surface area contributed by atoms with Crippen LogP contribution in [-0.4, -0.2) is 46.6 Å². The van der Waals surface area contributed by atoms with E-state index in [0.717, 1.165) is 5.56 Å². The van der Waals surface area contributed by atoms with E-state index in [9.17, 15) is 9.90 Å². The lowest BCUT2D eigenvalue weighted by Gasteiger charge is -2.35. The first-order chi connectivity index (χ1) is 19.8. The maximum absolute atomic E-state index is 12.9. The first kappa shape index (κ1) is 28.5. The van der Waals surface area contributed by atoms with Crippen molar-refractivity contribution in [2.45, 2.75) is 25.7 Å². The molecule has 2 unspecified atom stereocenters. The van der Waals surface area contributed by atoms with Gasteiger partial charge in [0.1, 0.15) is 40.8 Å². The lowest BCUT2D eigenvalue weighted by molar-refractivity contribution is -0.0509. The van der Waals surface area contributed by atoms with E-state index in [1.807, 2.05) is 36.4 Å². The number of esters is 1. The van der Waals surface area contributed by atoms with Gasteiger partial charge in [0.25, 0.3) is 0 Å². The largest absolute Gasteiger partial charge is 0.496 e. The van der Waals surface area contributed by atoms with Crippen molar-refractivity contribution in [2.24, 2.45) is 0 Å². The number of methoxy groups -OCH3 is 5. The summed E-state index contributed by atoms with van der Waals surface area (Å²) in [6, 6.07) is 15.0. The van der Waals surface area contributed by atoms with Gasteiger partial charge in [0.2, 0.25) is 0 Å². The maximum Gasteiger partial charge on any atom is 0.341 e. The summed E-state index contributed by atoms with van der Waals surface area (Å²) in [6.07, 6.45) is -1.94. The highest BCUT2D eigenvalue weighted by atomic mass is 35.5. The molecule has 1 N–H and O–H groups in total. The normalized spacial score (nSPS) is 15.6. The fourth-order valence-electron chi connectivity index (χ4n) is 5.68. The second-order valence-electron chi connectivity index (χ2n) is 9.61. The van der Waals surface area contributed by atoms with Crippen LogP contribution >= 0.6 is 11.6 Å². The molecule has 0 saturated carbocycles. The van der Waals surface area contributed by atoms with Crippen LogP contribution in [0.3, 0.4) is 0 Å². The van der Waals surface area contributed by atoms with Gasteiger partial charge in [-0.05, 0) is 35.2 Å². The Morgan fingerprint density at radius 1 is 0.854 bits per heavy atom. The van der Waals surface area contributed by atoms with Crippen molar-refractivity contribution >= 4 is 28.3 Å². The van der Waals surface area contributed by atoms with E-state index in [-0.39, 0.29) is 17.9 Å². The third kappa shape index (κ3) is 4.62. The molecular formula is C32H31ClO8. The maximum atomic E-state index is 12.9. The predicted molar refractivity (Wildman–Crippen MR) is 156 cm³/mol. The molecule has 0 aromatic heterocycles. The minimum atomic E-state index is -1.12. The molecule has 0 spiro atoms. The summed E-state index contributed by atoms with van der Waals surface area (Å²) in [6.45, 7) is 2.01. The molecular weight excluding hydrogens is 548 g/mol. The zero-order valence-corrected chi connectivity index (χ0v) is 24.4. The molecule has 2 atom stereocenters. The fourth-order valence-corrected chi connectivity index (χ4v) is 5.95. The van der Waals surface area contributed by atoms with E-state index in [1.54, 1.807) is 33.3 Å². The number of carbonyl (C=O) groups is 1. The number of hydrogen-bond donors (Lipinski definition) is 1. The minimum Gasteiger partial charge on any atom is -0.496 e. The van der Waals surface area contributed by atoms with Gasteiger partial charge < -0.3 is 33.5 Å². The van der Waals surface area contributed by atoms with Crippen LogP contribution in [0.4, 0.5) is 0 Å². The van der Waals surface area contributed by atoms with Gasteiger partial charge in [-0.25, -0.2) is 4.79 Å². The molecule has 0 fully saturated rings. The Kier molecular flexibility index (Phi) is 8.00. The van der Waals surface area contributed by atoms with Crippen molar-refractivity contribution in [1.82, 2.24) is 0 Å². The number of rotatable bonds is 8. The van der Waals surface area contributed by atoms with E-state index in [2.05, 4.69) is 0 Å². The second kappa shape index (κ2) is 11.5. The Morgan fingerprint density at radius 3 is 2.12 bits per heavy atom. The zero-order chi connectivity index (χ0) is 29.4. The monoisotopic (exact) mass is 578 g/mol. The van der Waals surface area contributed by atoms with Gasteiger partial charge in [0.15, 0.2) is 0 Å². The van der Waals surface area contributed by atoms with Crippen LogP contribution in [0.2, 0.25) is 5.02 Å². The third-order valence-corrected chi connectivity index (χ3v) is 7.72. The summed E-state index contributed by atoms with van der Waals surface area (Å²) in [5, 5.41) is 13.4. The topological polar surface area (TPSA) is 92.7 Å². The Bertz CT molecular complexity index is 1630. The number of fused-ring (bicyclic) bond motifs is 4. The highest BCUT2D eigenvalue weighted by Gasteiger charge is 2.41. The SMILES string of the molecule is COC(=O)c1c(C)cc2c(c1OC)-c1c(cc3c(OC)c(Cl)cc(OC)c3c1OC)C(OCc1ccccc1)C2O. The summed E-state index contributed by atoms with van der Waals surface area (Å²) < 4.78 is 34.9. The average molecular weight is 579 g/mol. The number of hydrogen-bond acceptors (Lipinski definition) is 8. The molecule has 0 aliphatic heterocycles. The quantitative estimate of drug-likeness (QED) is 0.234. The Labute approximate surface area is 243 Å². The van der Waals surface area contributed by atoms with Gasteiger partial charge in [0, 0.05) is 22.6 Å². The lowest BCUT2D eigenvalue weighted by Crippen LogP contribution is -2.23. The van der Waals surface area contributed by atoms with Gasteiger partial charge in [-0.3, -0.25) is 0 Å². The van der Waals surface area contributed by atoms with Crippen LogP contribution < -0.4 is 18.9 Å². The van der Waals surface area contributed by atoms with Crippen LogP contribution in [0.5, 0.6) is 23.0 Å². The zero-order valence-electron chi connectivity index (χ0n) is 23.7. The minimum absolute atomic E-state index is 0.240. The van der Waals surface area contributed by atoms with Crippen molar-refractivity contribution < 1.29 is 38.3 Å². The van der Waals surface area contributed by atoms with Gasteiger partial charge in [-0.15, -0.1) is 0 Å². The Hall–Kier alpha value is -3.98. The fraction of sp³-hybridized carbons (Fsp3) is 0.281. The lowest BCUT2D eigenvalue weighted by atomic mass is 9.77. The van der Waals surface area contributed by atoms with E-state index in [4.69, 9.17) is 40.0 Å². The van der Waals surface area contributed by atoms with Crippen molar-refractivity contribution in [3.05, 3.63) is 81.4 Å².